The van der Waals surface area contributed by atoms with Gasteiger partial charge in [-0.3, -0.25) is 9.48 Å². The Hall–Kier alpha value is -1.65. The number of aromatic nitrogens is 4. The molecule has 2 aromatic heterocycles. The molecule has 1 aliphatic rings. The van der Waals surface area contributed by atoms with Crippen molar-refractivity contribution in [3.8, 4) is 0 Å². The molecule has 2 N–H and O–H groups in total. The van der Waals surface area contributed by atoms with Crippen LogP contribution in [0.4, 0.5) is 10.8 Å². The topological polar surface area (TPSA) is 94.0 Å². The first-order chi connectivity index (χ1) is 12.0. The Morgan fingerprint density at radius 1 is 1.44 bits per heavy atom. The molecule has 0 spiro atoms. The zero-order chi connectivity index (χ0) is 17.8. The predicted molar refractivity (Wildman–Crippen MR) is 99.4 cm³/mol. The summed E-state index contributed by atoms with van der Waals surface area (Å²) < 4.78 is 8.09. The molecule has 25 heavy (non-hydrogen) atoms. The summed E-state index contributed by atoms with van der Waals surface area (Å²) in [4.78, 5) is 12.2. The maximum absolute atomic E-state index is 12.2. The summed E-state index contributed by atoms with van der Waals surface area (Å²) in [6, 6.07) is 0. The third-order valence-electron chi connectivity index (χ3n) is 4.01. The van der Waals surface area contributed by atoms with E-state index >= 15 is 0 Å². The normalized spacial score (nSPS) is 17.0. The van der Waals surface area contributed by atoms with E-state index in [1.807, 2.05) is 20.9 Å². The minimum Gasteiger partial charge on any atom is -0.376 e. The Morgan fingerprint density at radius 3 is 2.96 bits per heavy atom. The van der Waals surface area contributed by atoms with Gasteiger partial charge in [0.2, 0.25) is 11.0 Å². The van der Waals surface area contributed by atoms with Crippen LogP contribution in [0.3, 0.4) is 0 Å². The summed E-state index contributed by atoms with van der Waals surface area (Å²) in [5.41, 5.74) is 2.53. The van der Waals surface area contributed by atoms with Crippen molar-refractivity contribution in [2.75, 3.05) is 29.5 Å². The number of hydrogen-bond acceptors (Lipinski definition) is 8. The molecule has 0 aromatic carbocycles. The number of hydrogen-bond donors (Lipinski definition) is 2. The summed E-state index contributed by atoms with van der Waals surface area (Å²) in [6.45, 7) is 5.40. The fourth-order valence-electron chi connectivity index (χ4n) is 2.60. The lowest BCUT2D eigenvalue weighted by Gasteiger charge is -2.08. The van der Waals surface area contributed by atoms with Crippen LogP contribution in [-0.4, -0.2) is 50.9 Å². The third-order valence-corrected chi connectivity index (χ3v) is 6.03. The van der Waals surface area contributed by atoms with Gasteiger partial charge in [0.1, 0.15) is 0 Å². The van der Waals surface area contributed by atoms with Crippen molar-refractivity contribution < 1.29 is 9.53 Å². The van der Waals surface area contributed by atoms with E-state index < -0.39 is 0 Å². The highest BCUT2D eigenvalue weighted by Crippen LogP contribution is 2.26. The second kappa shape index (κ2) is 8.15. The van der Waals surface area contributed by atoms with Crippen molar-refractivity contribution in [2.24, 2.45) is 7.05 Å². The molecule has 1 aliphatic heterocycles. The monoisotopic (exact) mass is 382 g/mol. The summed E-state index contributed by atoms with van der Waals surface area (Å²) in [6.07, 6.45) is 2.46. The number of ether oxygens (including phenoxy) is 1. The number of thioether (sulfide) groups is 1. The molecule has 1 fully saturated rings. The van der Waals surface area contributed by atoms with E-state index in [9.17, 15) is 4.79 Å². The van der Waals surface area contributed by atoms with Gasteiger partial charge < -0.3 is 15.4 Å². The fourth-order valence-corrected chi connectivity index (χ4v) is 4.16. The maximum atomic E-state index is 12.2. The number of nitrogens with zero attached hydrogens (tertiary/aromatic N) is 4. The van der Waals surface area contributed by atoms with Gasteiger partial charge >= 0.3 is 0 Å². The molecular formula is C15H22N6O2S2. The molecule has 0 saturated carbocycles. The summed E-state index contributed by atoms with van der Waals surface area (Å²) in [7, 11) is 1.86. The van der Waals surface area contributed by atoms with Crippen LogP contribution in [-0.2, 0) is 16.6 Å². The number of rotatable bonds is 7. The first-order valence-corrected chi connectivity index (χ1v) is 9.95. The molecule has 1 saturated heterocycles. The van der Waals surface area contributed by atoms with Crippen LogP contribution in [0.1, 0.15) is 24.2 Å². The largest absolute Gasteiger partial charge is 0.376 e. The molecular weight excluding hydrogens is 360 g/mol. The van der Waals surface area contributed by atoms with Crippen molar-refractivity contribution >= 4 is 39.8 Å². The Labute approximate surface area is 154 Å². The van der Waals surface area contributed by atoms with E-state index in [1.165, 1.54) is 23.1 Å². The summed E-state index contributed by atoms with van der Waals surface area (Å²) in [5.74, 6) is 0.210. The molecule has 8 nitrogen and oxygen atoms in total. The number of carbonyl (C=O) groups excluding carboxylic acids is 1. The van der Waals surface area contributed by atoms with Gasteiger partial charge in [0.05, 0.1) is 28.9 Å². The van der Waals surface area contributed by atoms with Crippen molar-refractivity contribution in [1.82, 2.24) is 20.0 Å². The van der Waals surface area contributed by atoms with Gasteiger partial charge in [-0.2, -0.15) is 5.10 Å². The molecule has 0 aliphatic carbocycles. The van der Waals surface area contributed by atoms with E-state index in [-0.39, 0.29) is 17.8 Å². The average Bonchev–Trinajstić information content (AvgIpc) is 3.30. The van der Waals surface area contributed by atoms with E-state index in [0.29, 0.717) is 0 Å². The lowest BCUT2D eigenvalue weighted by molar-refractivity contribution is -0.113. The van der Waals surface area contributed by atoms with E-state index in [4.69, 9.17) is 4.74 Å². The molecule has 2 aromatic rings. The fraction of sp³-hybridized carbons (Fsp3) is 0.600. The summed E-state index contributed by atoms with van der Waals surface area (Å²) >= 11 is 2.83. The highest BCUT2D eigenvalue weighted by molar-refractivity contribution is 8.01. The number of amides is 1. The van der Waals surface area contributed by atoms with Gasteiger partial charge in [-0.1, -0.05) is 23.1 Å². The van der Waals surface area contributed by atoms with Gasteiger partial charge in [-0.05, 0) is 26.7 Å². The van der Waals surface area contributed by atoms with Crippen LogP contribution in [0.5, 0.6) is 0 Å². The predicted octanol–water partition coefficient (Wildman–Crippen LogP) is 2.21. The van der Waals surface area contributed by atoms with Gasteiger partial charge in [0.15, 0.2) is 4.34 Å². The Balaban J connectivity index is 1.45. The molecule has 1 unspecified atom stereocenters. The quantitative estimate of drug-likeness (QED) is 0.709. The van der Waals surface area contributed by atoms with Crippen molar-refractivity contribution in [3.63, 3.8) is 0 Å². The number of nitrogens with one attached hydrogen (secondary N) is 2. The van der Waals surface area contributed by atoms with E-state index in [0.717, 1.165) is 52.5 Å². The second-order valence-corrected chi connectivity index (χ2v) is 8.10. The summed E-state index contributed by atoms with van der Waals surface area (Å²) in [5, 5.41) is 19.4. The highest BCUT2D eigenvalue weighted by atomic mass is 32.2. The average molecular weight is 383 g/mol. The minimum atomic E-state index is -0.0757. The Kier molecular flexibility index (Phi) is 5.92. The van der Waals surface area contributed by atoms with E-state index in [1.54, 1.807) is 4.68 Å². The molecule has 0 radical (unpaired) electrons. The van der Waals surface area contributed by atoms with Crippen LogP contribution in [0, 0.1) is 13.8 Å². The van der Waals surface area contributed by atoms with Gasteiger partial charge in [0, 0.05) is 20.2 Å². The smallest absolute Gasteiger partial charge is 0.234 e. The minimum absolute atomic E-state index is 0.0757. The first-order valence-electron chi connectivity index (χ1n) is 8.14. The number of anilines is 2. The number of aryl methyl sites for hydroxylation is 2. The highest BCUT2D eigenvalue weighted by Gasteiger charge is 2.16. The second-order valence-electron chi connectivity index (χ2n) is 5.90. The van der Waals surface area contributed by atoms with Crippen LogP contribution in [0.15, 0.2) is 4.34 Å². The molecule has 1 atom stereocenters. The van der Waals surface area contributed by atoms with Crippen LogP contribution < -0.4 is 10.6 Å². The Morgan fingerprint density at radius 2 is 2.28 bits per heavy atom. The molecule has 3 rings (SSSR count). The molecule has 0 bridgehead atoms. The van der Waals surface area contributed by atoms with Crippen LogP contribution in [0.25, 0.3) is 0 Å². The zero-order valence-electron chi connectivity index (χ0n) is 14.5. The van der Waals surface area contributed by atoms with Crippen LogP contribution in [0.2, 0.25) is 0 Å². The van der Waals surface area contributed by atoms with E-state index in [2.05, 4.69) is 25.9 Å². The molecule has 10 heteroatoms. The number of carbonyl (C=O) groups is 1. The van der Waals surface area contributed by atoms with Crippen LogP contribution >= 0.6 is 23.1 Å². The SMILES string of the molecule is Cc1nn(C)c(C)c1NC(=O)CSc1nnc(NCC2CCCO2)s1. The molecule has 3 heterocycles. The van der Waals surface area contributed by atoms with Crippen molar-refractivity contribution in [1.29, 1.82) is 0 Å². The molecule has 136 valence electrons. The molecule has 1 amide bonds. The van der Waals surface area contributed by atoms with Crippen molar-refractivity contribution in [3.05, 3.63) is 11.4 Å². The zero-order valence-corrected chi connectivity index (χ0v) is 16.2. The van der Waals surface area contributed by atoms with Gasteiger partial charge in [0.25, 0.3) is 0 Å². The first kappa shape index (κ1) is 18.2. The van der Waals surface area contributed by atoms with Gasteiger partial charge in [-0.15, -0.1) is 10.2 Å². The lowest BCUT2D eigenvalue weighted by Crippen LogP contribution is -2.18. The lowest BCUT2D eigenvalue weighted by atomic mass is 10.2. The third kappa shape index (κ3) is 4.71. The van der Waals surface area contributed by atoms with Crippen molar-refractivity contribution in [2.45, 2.75) is 37.1 Å². The standard InChI is InChI=1S/C15H22N6O2S2/c1-9-13(10(2)21(3)20-9)17-12(22)8-24-15-19-18-14(25-15)16-7-11-5-4-6-23-11/h11H,4-8H2,1-3H3,(H,16,18)(H,17,22). The maximum Gasteiger partial charge on any atom is 0.234 e. The van der Waals surface area contributed by atoms with Gasteiger partial charge in [-0.25, -0.2) is 0 Å². The Bertz CT molecular complexity index is 738.